The molecule has 10 nitrogen and oxygen atoms in total. The quantitative estimate of drug-likeness (QED) is 0.309. The predicted octanol–water partition coefficient (Wildman–Crippen LogP) is 3.37. The Hall–Kier alpha value is -4.05. The summed E-state index contributed by atoms with van der Waals surface area (Å²) in [7, 11) is 0. The minimum atomic E-state index is -1.23. The molecular formula is C28H27N3O7. The summed E-state index contributed by atoms with van der Waals surface area (Å²) in [5.41, 5.74) is 6.09. The van der Waals surface area contributed by atoms with Gasteiger partial charge in [0.1, 0.15) is 34.3 Å². The minimum absolute atomic E-state index is 0.0216. The van der Waals surface area contributed by atoms with Gasteiger partial charge in [-0.3, -0.25) is 19.3 Å². The van der Waals surface area contributed by atoms with E-state index >= 15 is 0 Å². The van der Waals surface area contributed by atoms with Crippen LogP contribution in [0.4, 0.5) is 0 Å². The number of nitrogens with two attached hydrogens (primary N) is 1. The van der Waals surface area contributed by atoms with Crippen LogP contribution in [-0.2, 0) is 27.3 Å². The number of Topliss-reactive ketones (excluding diaryl/α,β-unsaturated/α-hetero) is 2. The van der Waals surface area contributed by atoms with Gasteiger partial charge in [-0.25, -0.2) is 0 Å². The number of amides is 1. The summed E-state index contributed by atoms with van der Waals surface area (Å²) in [6.07, 6.45) is 2.96. The van der Waals surface area contributed by atoms with E-state index in [9.17, 15) is 29.5 Å². The lowest BCUT2D eigenvalue weighted by Crippen LogP contribution is -2.46. The maximum Gasteiger partial charge on any atom is 0.254 e. The van der Waals surface area contributed by atoms with Crippen LogP contribution >= 0.6 is 0 Å². The van der Waals surface area contributed by atoms with Crippen molar-refractivity contribution in [1.29, 1.82) is 0 Å². The molecule has 4 aliphatic rings. The maximum atomic E-state index is 13.6. The van der Waals surface area contributed by atoms with Crippen LogP contribution in [0.15, 0.2) is 50.7 Å². The molecule has 2 unspecified atom stereocenters. The van der Waals surface area contributed by atoms with Crippen molar-refractivity contribution in [2.24, 2.45) is 28.7 Å². The molecule has 38 heavy (non-hydrogen) atoms. The number of primary amides is 1. The summed E-state index contributed by atoms with van der Waals surface area (Å²) in [4.78, 5) is 52.3. The number of nitroso groups, excluding NO2 is 1. The summed E-state index contributed by atoms with van der Waals surface area (Å²) >= 11 is 0. The van der Waals surface area contributed by atoms with Crippen LogP contribution < -0.4 is 5.73 Å². The van der Waals surface area contributed by atoms with Gasteiger partial charge in [0.15, 0.2) is 11.6 Å². The van der Waals surface area contributed by atoms with Crippen molar-refractivity contribution in [3.05, 3.63) is 62.9 Å². The van der Waals surface area contributed by atoms with Crippen LogP contribution in [0.2, 0.25) is 0 Å². The average molecular weight is 518 g/mol. The van der Waals surface area contributed by atoms with Gasteiger partial charge in [0, 0.05) is 11.1 Å². The first-order chi connectivity index (χ1) is 18.3. The van der Waals surface area contributed by atoms with Gasteiger partial charge in [-0.05, 0) is 92.0 Å². The Morgan fingerprint density at radius 2 is 1.84 bits per heavy atom. The number of hydrogen-bond donors (Lipinski definition) is 3. The maximum absolute atomic E-state index is 13.6. The fraction of sp³-hybridized carbons (Fsp3) is 0.393. The number of aliphatic hydroxyl groups is 1. The normalized spacial score (nSPS) is 25.3. The molecule has 2 heterocycles. The van der Waals surface area contributed by atoms with Crippen LogP contribution in [0, 0.1) is 22.7 Å². The number of carbonyl (C=O) groups is 3. The van der Waals surface area contributed by atoms with E-state index in [1.165, 1.54) is 18.9 Å². The first-order valence-corrected chi connectivity index (χ1v) is 12.8. The van der Waals surface area contributed by atoms with Gasteiger partial charge in [-0.15, -0.1) is 4.91 Å². The Morgan fingerprint density at radius 1 is 1.08 bits per heavy atom. The number of phenolic OH excluding ortho intramolecular Hbond substituents is 1. The first-order valence-electron chi connectivity index (χ1n) is 12.8. The van der Waals surface area contributed by atoms with Crippen LogP contribution in [0.3, 0.4) is 0 Å². The van der Waals surface area contributed by atoms with Crippen molar-refractivity contribution < 1.29 is 29.0 Å². The number of nitrogens with zero attached hydrogens (tertiary/aromatic N) is 2. The number of ketones is 2. The number of allylic oxidation sites excluding steroid dienone is 2. The molecule has 1 saturated carbocycles. The lowest BCUT2D eigenvalue weighted by Gasteiger charge is -2.41. The number of aliphatic hydroxyl groups excluding tert-OH is 1. The highest BCUT2D eigenvalue weighted by Gasteiger charge is 2.52. The van der Waals surface area contributed by atoms with Crippen molar-refractivity contribution in [3.63, 3.8) is 0 Å². The number of carbonyl (C=O) groups excluding carboxylic acids is 3. The van der Waals surface area contributed by atoms with Gasteiger partial charge in [0.05, 0.1) is 18.0 Å². The Labute approximate surface area is 217 Å². The Kier molecular flexibility index (Phi) is 5.79. The monoisotopic (exact) mass is 517 g/mol. The number of benzene rings is 1. The molecule has 6 rings (SSSR count). The zero-order valence-corrected chi connectivity index (χ0v) is 20.6. The Bertz CT molecular complexity index is 1460. The number of aromatic hydroxyl groups is 1. The summed E-state index contributed by atoms with van der Waals surface area (Å²) in [5, 5.41) is 24.9. The van der Waals surface area contributed by atoms with Gasteiger partial charge in [0.2, 0.25) is 0 Å². The Morgan fingerprint density at radius 3 is 2.55 bits per heavy atom. The number of likely N-dealkylation sites (tertiary alicyclic amines) is 1. The van der Waals surface area contributed by atoms with Crippen molar-refractivity contribution in [1.82, 2.24) is 4.90 Å². The van der Waals surface area contributed by atoms with E-state index < -0.39 is 40.8 Å². The lowest BCUT2D eigenvalue weighted by molar-refractivity contribution is -0.134. The van der Waals surface area contributed by atoms with E-state index in [0.29, 0.717) is 36.3 Å². The van der Waals surface area contributed by atoms with E-state index in [1.807, 2.05) is 12.1 Å². The highest BCUT2D eigenvalue weighted by Crippen LogP contribution is 2.51. The second kappa shape index (κ2) is 9.05. The summed E-state index contributed by atoms with van der Waals surface area (Å²) in [6.45, 7) is 2.77. The molecule has 1 aromatic heterocycles. The van der Waals surface area contributed by atoms with Gasteiger partial charge < -0.3 is 20.4 Å². The smallest absolute Gasteiger partial charge is 0.254 e. The van der Waals surface area contributed by atoms with E-state index in [2.05, 4.69) is 10.1 Å². The van der Waals surface area contributed by atoms with Crippen molar-refractivity contribution in [3.8, 4) is 17.1 Å². The molecule has 3 aliphatic carbocycles. The molecule has 1 amide bonds. The average Bonchev–Trinajstić information content (AvgIpc) is 3.56. The minimum Gasteiger partial charge on any atom is -0.507 e. The molecule has 196 valence electrons. The molecule has 1 saturated heterocycles. The molecule has 0 spiro atoms. The molecule has 2 fully saturated rings. The third-order valence-corrected chi connectivity index (χ3v) is 8.38. The van der Waals surface area contributed by atoms with Gasteiger partial charge in [-0.1, -0.05) is 0 Å². The topological polar surface area (TPSA) is 164 Å². The molecule has 1 aromatic carbocycles. The first kappa shape index (κ1) is 24.3. The third kappa shape index (κ3) is 3.70. The number of phenols is 1. The molecule has 0 radical (unpaired) electrons. The highest BCUT2D eigenvalue weighted by molar-refractivity contribution is 6.28. The molecular weight excluding hydrogens is 490 g/mol. The molecule has 10 heteroatoms. The number of furan rings is 1. The van der Waals surface area contributed by atoms with E-state index in [0.717, 1.165) is 18.8 Å². The van der Waals surface area contributed by atoms with Crippen LogP contribution in [0.25, 0.3) is 17.1 Å². The van der Waals surface area contributed by atoms with Gasteiger partial charge in [0.25, 0.3) is 5.91 Å². The Balaban J connectivity index is 1.39. The zero-order valence-electron chi connectivity index (χ0n) is 20.6. The standard InChI is InChI=1S/C28H27N3O7/c29-28(36)24-18(30-37)11-14-9-13-10-17-16(20-6-3-15(38-20)12-31-7-1-2-8-31)4-5-19(32)23(17)26(34)21(13)25(33)22(14)27(24)35/h3-6,13-14,22,32,34H,1-2,7-12H2,(H2,29,36)/t13-,14?,22?/m1/s1. The SMILES string of the molecule is NC(=O)C1=C(N=O)CC2C[C@@H]3Cc4c(-c5ccc(CN6CCCC6)o5)ccc(O)c4C(O)=C3C(=O)C2C1=O. The summed E-state index contributed by atoms with van der Waals surface area (Å²) < 4.78 is 6.16. The fourth-order valence-corrected chi connectivity index (χ4v) is 6.72. The van der Waals surface area contributed by atoms with Gasteiger partial charge in [-0.2, -0.15) is 0 Å². The van der Waals surface area contributed by atoms with E-state index in [4.69, 9.17) is 10.2 Å². The van der Waals surface area contributed by atoms with E-state index in [-0.39, 0.29) is 34.8 Å². The van der Waals surface area contributed by atoms with Crippen LogP contribution in [0.5, 0.6) is 5.75 Å². The predicted molar refractivity (Wildman–Crippen MR) is 135 cm³/mol. The highest BCUT2D eigenvalue weighted by atomic mass is 16.3. The molecule has 2 aromatic rings. The summed E-state index contributed by atoms with van der Waals surface area (Å²) in [6, 6.07) is 6.98. The number of hydrogen-bond acceptors (Lipinski definition) is 9. The van der Waals surface area contributed by atoms with Crippen molar-refractivity contribution in [2.45, 2.75) is 38.6 Å². The molecule has 4 N–H and O–H groups in total. The van der Waals surface area contributed by atoms with Crippen LogP contribution in [0.1, 0.15) is 42.6 Å². The fourth-order valence-electron chi connectivity index (χ4n) is 6.72. The molecule has 3 atom stereocenters. The largest absolute Gasteiger partial charge is 0.507 e. The number of fused-ring (bicyclic) bond motifs is 3. The second-order valence-electron chi connectivity index (χ2n) is 10.6. The zero-order chi connectivity index (χ0) is 26.7. The molecule has 0 bridgehead atoms. The second-order valence-corrected chi connectivity index (χ2v) is 10.6. The van der Waals surface area contributed by atoms with Gasteiger partial charge >= 0.3 is 0 Å². The lowest BCUT2D eigenvalue weighted by atomic mass is 9.60. The van der Waals surface area contributed by atoms with Crippen LogP contribution in [-0.4, -0.2) is 45.7 Å². The number of rotatable bonds is 5. The van der Waals surface area contributed by atoms with E-state index in [1.54, 1.807) is 6.07 Å². The van der Waals surface area contributed by atoms with Crippen molar-refractivity contribution in [2.75, 3.05) is 13.1 Å². The van der Waals surface area contributed by atoms with Crippen molar-refractivity contribution >= 4 is 23.2 Å². The summed E-state index contributed by atoms with van der Waals surface area (Å²) in [5.74, 6) is -3.93. The third-order valence-electron chi connectivity index (χ3n) is 8.38. The molecule has 1 aliphatic heterocycles.